The van der Waals surface area contributed by atoms with Gasteiger partial charge >= 0.3 is 6.09 Å². The van der Waals surface area contributed by atoms with Crippen LogP contribution >= 0.6 is 0 Å². The minimum Gasteiger partial charge on any atom is -0.410 e. The summed E-state index contributed by atoms with van der Waals surface area (Å²) in [4.78, 5) is 13.4. The Morgan fingerprint density at radius 1 is 1.05 bits per heavy atom. The zero-order valence-corrected chi connectivity index (χ0v) is 11.2. The second kappa shape index (κ2) is 6.05. The van der Waals surface area contributed by atoms with E-state index in [4.69, 9.17) is 4.74 Å². The van der Waals surface area contributed by atoms with Gasteiger partial charge in [-0.15, -0.1) is 0 Å². The van der Waals surface area contributed by atoms with E-state index in [2.05, 4.69) is 0 Å². The lowest BCUT2D eigenvalue weighted by molar-refractivity contribution is 0.161. The molecule has 0 aliphatic carbocycles. The Bertz CT molecular complexity index is 534. The van der Waals surface area contributed by atoms with Gasteiger partial charge < -0.3 is 9.64 Å². The second-order valence-corrected chi connectivity index (χ2v) is 4.52. The number of carbonyl (C=O) groups is 1. The predicted molar refractivity (Wildman–Crippen MR) is 75.1 cm³/mol. The summed E-state index contributed by atoms with van der Waals surface area (Å²) in [6, 6.07) is 17.2. The van der Waals surface area contributed by atoms with E-state index in [1.54, 1.807) is 24.1 Å². The first kappa shape index (κ1) is 13.1. The lowest BCUT2D eigenvalue weighted by Gasteiger charge is -2.16. The average molecular weight is 255 g/mol. The Labute approximate surface area is 113 Å². The van der Waals surface area contributed by atoms with Gasteiger partial charge in [-0.2, -0.15) is 0 Å². The number of amides is 1. The van der Waals surface area contributed by atoms with Crippen molar-refractivity contribution in [2.24, 2.45) is 0 Å². The number of nitrogens with zero attached hydrogens (tertiary/aromatic N) is 1. The zero-order valence-electron chi connectivity index (χ0n) is 11.2. The first-order chi connectivity index (χ1) is 9.15. The van der Waals surface area contributed by atoms with E-state index in [9.17, 15) is 4.79 Å². The molecule has 0 aromatic heterocycles. The van der Waals surface area contributed by atoms with Gasteiger partial charge in [0.15, 0.2) is 0 Å². The molecule has 1 amide bonds. The van der Waals surface area contributed by atoms with Crippen LogP contribution < -0.4 is 4.74 Å². The van der Waals surface area contributed by atoms with Crippen LogP contribution in [0.5, 0.6) is 5.75 Å². The van der Waals surface area contributed by atoms with E-state index in [1.807, 2.05) is 49.4 Å². The molecule has 0 unspecified atom stereocenters. The fourth-order valence-electron chi connectivity index (χ4n) is 1.70. The lowest BCUT2D eigenvalue weighted by atomic mass is 10.1. The van der Waals surface area contributed by atoms with Crippen molar-refractivity contribution in [2.45, 2.75) is 13.5 Å². The van der Waals surface area contributed by atoms with Gasteiger partial charge in [-0.25, -0.2) is 4.79 Å². The van der Waals surface area contributed by atoms with Gasteiger partial charge in [-0.05, 0) is 24.6 Å². The summed E-state index contributed by atoms with van der Waals surface area (Å²) >= 11 is 0. The van der Waals surface area contributed by atoms with E-state index in [0.717, 1.165) is 5.56 Å². The minimum atomic E-state index is -0.355. The van der Waals surface area contributed by atoms with Crippen molar-refractivity contribution in [1.82, 2.24) is 4.90 Å². The summed E-state index contributed by atoms with van der Waals surface area (Å²) in [6.07, 6.45) is -0.355. The minimum absolute atomic E-state index is 0.355. The molecule has 3 heteroatoms. The number of para-hydroxylation sites is 1. The topological polar surface area (TPSA) is 29.5 Å². The van der Waals surface area contributed by atoms with Crippen molar-refractivity contribution < 1.29 is 9.53 Å². The largest absolute Gasteiger partial charge is 0.415 e. The molecule has 0 aliphatic rings. The quantitative estimate of drug-likeness (QED) is 0.838. The van der Waals surface area contributed by atoms with Crippen LogP contribution in [0.15, 0.2) is 54.6 Å². The number of hydrogen-bond donors (Lipinski definition) is 0. The van der Waals surface area contributed by atoms with Gasteiger partial charge in [0.25, 0.3) is 0 Å². The number of rotatable bonds is 3. The molecule has 2 rings (SSSR count). The fraction of sp³-hybridized carbons (Fsp3) is 0.188. The Hall–Kier alpha value is -2.29. The Kier molecular flexibility index (Phi) is 4.18. The summed E-state index contributed by atoms with van der Waals surface area (Å²) < 4.78 is 5.26. The Morgan fingerprint density at radius 3 is 2.32 bits per heavy atom. The number of benzene rings is 2. The maximum Gasteiger partial charge on any atom is 0.415 e. The van der Waals surface area contributed by atoms with Crippen LogP contribution in [0.2, 0.25) is 0 Å². The molecule has 0 saturated carbocycles. The molecule has 3 nitrogen and oxygen atoms in total. The van der Waals surface area contributed by atoms with Crippen molar-refractivity contribution in [3.05, 3.63) is 65.7 Å². The van der Waals surface area contributed by atoms with Crippen molar-refractivity contribution >= 4 is 6.09 Å². The molecule has 0 radical (unpaired) electrons. The molecule has 2 aromatic carbocycles. The van der Waals surface area contributed by atoms with Gasteiger partial charge in [-0.3, -0.25) is 0 Å². The van der Waals surface area contributed by atoms with E-state index < -0.39 is 0 Å². The van der Waals surface area contributed by atoms with Crippen LogP contribution in [0, 0.1) is 6.92 Å². The lowest BCUT2D eigenvalue weighted by Crippen LogP contribution is -2.29. The van der Waals surface area contributed by atoms with Crippen LogP contribution in [0.4, 0.5) is 4.79 Å². The molecule has 98 valence electrons. The molecular formula is C16H17NO2. The number of carbonyl (C=O) groups excluding carboxylic acids is 1. The van der Waals surface area contributed by atoms with E-state index in [-0.39, 0.29) is 6.09 Å². The summed E-state index contributed by atoms with van der Waals surface area (Å²) in [5.74, 6) is 0.559. The Balaban J connectivity index is 1.94. The highest BCUT2D eigenvalue weighted by atomic mass is 16.6. The molecule has 0 N–H and O–H groups in total. The summed E-state index contributed by atoms with van der Waals surface area (Å²) in [5.41, 5.74) is 2.29. The summed E-state index contributed by atoms with van der Waals surface area (Å²) in [7, 11) is 1.73. The number of hydrogen-bond acceptors (Lipinski definition) is 2. The third kappa shape index (κ3) is 3.85. The molecule has 0 heterocycles. The fourth-order valence-corrected chi connectivity index (χ4v) is 1.70. The van der Waals surface area contributed by atoms with Crippen LogP contribution in [-0.4, -0.2) is 18.0 Å². The van der Waals surface area contributed by atoms with Gasteiger partial charge in [0.05, 0.1) is 0 Å². The van der Waals surface area contributed by atoms with Crippen molar-refractivity contribution in [1.29, 1.82) is 0 Å². The number of ether oxygens (including phenoxy) is 1. The van der Waals surface area contributed by atoms with E-state index in [1.165, 1.54) is 5.56 Å². The molecule has 0 fully saturated rings. The summed E-state index contributed by atoms with van der Waals surface area (Å²) in [6.45, 7) is 2.57. The molecule has 19 heavy (non-hydrogen) atoms. The third-order valence-corrected chi connectivity index (χ3v) is 2.80. The maximum atomic E-state index is 11.9. The third-order valence-electron chi connectivity index (χ3n) is 2.80. The first-order valence-corrected chi connectivity index (χ1v) is 6.19. The smallest absolute Gasteiger partial charge is 0.410 e. The molecular weight excluding hydrogens is 238 g/mol. The van der Waals surface area contributed by atoms with Crippen molar-refractivity contribution in [3.8, 4) is 5.75 Å². The van der Waals surface area contributed by atoms with Gasteiger partial charge in [0.2, 0.25) is 0 Å². The number of aryl methyl sites for hydroxylation is 1. The highest BCUT2D eigenvalue weighted by molar-refractivity contribution is 5.70. The van der Waals surface area contributed by atoms with Crippen LogP contribution in [-0.2, 0) is 6.54 Å². The van der Waals surface area contributed by atoms with Gasteiger partial charge in [0, 0.05) is 13.6 Å². The summed E-state index contributed by atoms with van der Waals surface area (Å²) in [5, 5.41) is 0. The first-order valence-electron chi connectivity index (χ1n) is 6.19. The highest BCUT2D eigenvalue weighted by Gasteiger charge is 2.11. The van der Waals surface area contributed by atoms with Crippen molar-refractivity contribution in [2.75, 3.05) is 7.05 Å². The van der Waals surface area contributed by atoms with Crippen LogP contribution in [0.25, 0.3) is 0 Å². The monoisotopic (exact) mass is 255 g/mol. The normalized spacial score (nSPS) is 10.0. The van der Waals surface area contributed by atoms with Gasteiger partial charge in [0.1, 0.15) is 5.75 Å². The maximum absolute atomic E-state index is 11.9. The van der Waals surface area contributed by atoms with Gasteiger partial charge in [-0.1, -0.05) is 48.0 Å². The average Bonchev–Trinajstić information content (AvgIpc) is 2.42. The molecule has 0 saturated heterocycles. The molecule has 0 aliphatic heterocycles. The predicted octanol–water partition coefficient (Wildman–Crippen LogP) is 3.63. The second-order valence-electron chi connectivity index (χ2n) is 4.52. The van der Waals surface area contributed by atoms with Crippen LogP contribution in [0.3, 0.4) is 0 Å². The SMILES string of the molecule is Cc1ccc(CN(C)C(=O)Oc2ccccc2)cc1. The van der Waals surface area contributed by atoms with E-state index in [0.29, 0.717) is 12.3 Å². The van der Waals surface area contributed by atoms with Crippen molar-refractivity contribution in [3.63, 3.8) is 0 Å². The Morgan fingerprint density at radius 2 is 1.68 bits per heavy atom. The molecule has 2 aromatic rings. The van der Waals surface area contributed by atoms with E-state index >= 15 is 0 Å². The molecule has 0 spiro atoms. The highest BCUT2D eigenvalue weighted by Crippen LogP contribution is 2.11. The molecule has 0 bridgehead atoms. The standard InChI is InChI=1S/C16H17NO2/c1-13-8-10-14(11-9-13)12-17(2)16(18)19-15-6-4-3-5-7-15/h3-11H,12H2,1-2H3. The van der Waals surface area contributed by atoms with Crippen LogP contribution in [0.1, 0.15) is 11.1 Å². The molecule has 0 atom stereocenters. The zero-order chi connectivity index (χ0) is 13.7.